The third-order valence-electron chi connectivity index (χ3n) is 4.12. The van der Waals surface area contributed by atoms with E-state index in [1.807, 2.05) is 25.1 Å². The monoisotopic (exact) mass is 343 g/mol. The highest BCUT2D eigenvalue weighted by Gasteiger charge is 2.20. The number of aromatic nitrogens is 2. The van der Waals surface area contributed by atoms with Crippen LogP contribution in [0, 0.1) is 12.7 Å². The summed E-state index contributed by atoms with van der Waals surface area (Å²) in [7, 11) is 0. The van der Waals surface area contributed by atoms with Gasteiger partial charge < -0.3 is 15.1 Å². The van der Waals surface area contributed by atoms with E-state index < -0.39 is 0 Å². The Hall–Kier alpha value is -2.37. The number of hydrogen-bond acceptors (Lipinski definition) is 5. The number of halogens is 1. The Kier molecular flexibility index (Phi) is 4.79. The van der Waals surface area contributed by atoms with Crippen LogP contribution in [0.4, 0.5) is 21.7 Å². The Morgan fingerprint density at radius 3 is 2.16 bits per heavy atom. The molecule has 1 N–H and O–H groups in total. The molecule has 6 heteroatoms. The summed E-state index contributed by atoms with van der Waals surface area (Å²) in [6, 6.07) is 8.72. The fraction of sp³-hybridized carbons (Fsp3) is 0.474. The van der Waals surface area contributed by atoms with Crippen molar-refractivity contribution in [3.63, 3.8) is 0 Å². The molecule has 1 aromatic heterocycles. The normalized spacial score (nSPS) is 15.4. The van der Waals surface area contributed by atoms with E-state index in [1.54, 1.807) is 0 Å². The van der Waals surface area contributed by atoms with E-state index in [1.165, 1.54) is 12.1 Å². The van der Waals surface area contributed by atoms with E-state index in [0.717, 1.165) is 49.3 Å². The highest BCUT2D eigenvalue weighted by atomic mass is 19.1. The zero-order valence-electron chi connectivity index (χ0n) is 15.4. The van der Waals surface area contributed by atoms with Crippen LogP contribution in [-0.2, 0) is 0 Å². The third-order valence-corrected chi connectivity index (χ3v) is 4.12. The van der Waals surface area contributed by atoms with Gasteiger partial charge in [0, 0.05) is 43.5 Å². The van der Waals surface area contributed by atoms with Gasteiger partial charge in [0.15, 0.2) is 0 Å². The minimum atomic E-state index is -0.197. The van der Waals surface area contributed by atoms with Gasteiger partial charge in [0.25, 0.3) is 0 Å². The van der Waals surface area contributed by atoms with Gasteiger partial charge in [-0.3, -0.25) is 0 Å². The molecule has 0 atom stereocenters. The van der Waals surface area contributed by atoms with Crippen LogP contribution < -0.4 is 15.1 Å². The number of benzene rings is 1. The zero-order valence-corrected chi connectivity index (χ0v) is 15.4. The molecule has 1 aliphatic rings. The Bertz CT molecular complexity index is 716. The Balaban J connectivity index is 1.69. The molecule has 1 aliphatic heterocycles. The second-order valence-electron chi connectivity index (χ2n) is 7.48. The summed E-state index contributed by atoms with van der Waals surface area (Å²) >= 11 is 0. The molecule has 0 unspecified atom stereocenters. The van der Waals surface area contributed by atoms with E-state index in [-0.39, 0.29) is 11.4 Å². The number of hydrogen-bond donors (Lipinski definition) is 1. The number of aryl methyl sites for hydroxylation is 1. The highest BCUT2D eigenvalue weighted by molar-refractivity contribution is 5.53. The minimum absolute atomic E-state index is 0.0423. The maximum atomic E-state index is 13.1. The Morgan fingerprint density at radius 1 is 0.960 bits per heavy atom. The molecule has 0 saturated carbocycles. The highest BCUT2D eigenvalue weighted by Crippen LogP contribution is 2.22. The topological polar surface area (TPSA) is 44.3 Å². The van der Waals surface area contributed by atoms with Crippen molar-refractivity contribution in [1.29, 1.82) is 0 Å². The number of anilines is 3. The first kappa shape index (κ1) is 17.5. The number of rotatable bonds is 3. The van der Waals surface area contributed by atoms with E-state index in [2.05, 4.69) is 45.9 Å². The first-order chi connectivity index (χ1) is 11.8. The maximum absolute atomic E-state index is 13.1. The van der Waals surface area contributed by atoms with Crippen molar-refractivity contribution in [3.05, 3.63) is 42.0 Å². The summed E-state index contributed by atoms with van der Waals surface area (Å²) in [5, 5.41) is 3.42. The Morgan fingerprint density at radius 2 is 1.56 bits per heavy atom. The smallest absolute Gasteiger partial charge is 0.134 e. The second kappa shape index (κ2) is 6.86. The lowest BCUT2D eigenvalue weighted by Crippen LogP contribution is -2.47. The van der Waals surface area contributed by atoms with Gasteiger partial charge in [-0.25, -0.2) is 14.4 Å². The fourth-order valence-electron chi connectivity index (χ4n) is 3.01. The maximum Gasteiger partial charge on any atom is 0.134 e. The van der Waals surface area contributed by atoms with Gasteiger partial charge in [-0.15, -0.1) is 0 Å². The summed E-state index contributed by atoms with van der Waals surface area (Å²) in [4.78, 5) is 13.7. The van der Waals surface area contributed by atoms with Crippen LogP contribution in [0.25, 0.3) is 0 Å². The summed E-state index contributed by atoms with van der Waals surface area (Å²) in [6.07, 6.45) is 0. The number of piperazine rings is 1. The number of nitrogens with zero attached hydrogens (tertiary/aromatic N) is 4. The van der Waals surface area contributed by atoms with Crippen LogP contribution in [0.1, 0.15) is 26.6 Å². The van der Waals surface area contributed by atoms with Gasteiger partial charge in [0.05, 0.1) is 0 Å². The largest absolute Gasteiger partial charge is 0.368 e. The molecule has 25 heavy (non-hydrogen) atoms. The predicted molar refractivity (Wildman–Crippen MR) is 101 cm³/mol. The Labute approximate surface area is 148 Å². The van der Waals surface area contributed by atoms with Crippen LogP contribution in [0.3, 0.4) is 0 Å². The van der Waals surface area contributed by atoms with Gasteiger partial charge in [-0.1, -0.05) is 0 Å². The van der Waals surface area contributed by atoms with Crippen molar-refractivity contribution in [2.24, 2.45) is 0 Å². The van der Waals surface area contributed by atoms with Crippen LogP contribution in [-0.4, -0.2) is 41.7 Å². The first-order valence-corrected chi connectivity index (χ1v) is 8.69. The van der Waals surface area contributed by atoms with Gasteiger partial charge >= 0.3 is 0 Å². The minimum Gasteiger partial charge on any atom is -0.368 e. The van der Waals surface area contributed by atoms with E-state index >= 15 is 0 Å². The molecular weight excluding hydrogens is 317 g/mol. The molecule has 1 aromatic carbocycles. The molecule has 0 spiro atoms. The van der Waals surface area contributed by atoms with Gasteiger partial charge in [-0.05, 0) is 52.0 Å². The quantitative estimate of drug-likeness (QED) is 0.925. The summed E-state index contributed by atoms with van der Waals surface area (Å²) in [5.74, 6) is 2.39. The molecule has 0 radical (unpaired) electrons. The lowest BCUT2D eigenvalue weighted by Gasteiger charge is -2.37. The average Bonchev–Trinajstić information content (AvgIpc) is 2.53. The van der Waals surface area contributed by atoms with Crippen molar-refractivity contribution in [3.8, 4) is 0 Å². The molecular formula is C19H26FN5. The summed E-state index contributed by atoms with van der Waals surface area (Å²) in [5.41, 5.74) is 1.02. The van der Waals surface area contributed by atoms with E-state index in [4.69, 9.17) is 0 Å². The molecule has 1 fully saturated rings. The van der Waals surface area contributed by atoms with Gasteiger partial charge in [-0.2, -0.15) is 0 Å². The average molecular weight is 343 g/mol. The first-order valence-electron chi connectivity index (χ1n) is 8.69. The van der Waals surface area contributed by atoms with Crippen LogP contribution in [0.15, 0.2) is 30.3 Å². The second-order valence-corrected chi connectivity index (χ2v) is 7.48. The van der Waals surface area contributed by atoms with Gasteiger partial charge in [0.1, 0.15) is 23.3 Å². The number of nitrogens with one attached hydrogen (secondary N) is 1. The third kappa shape index (κ3) is 4.59. The van der Waals surface area contributed by atoms with Crippen molar-refractivity contribution in [2.75, 3.05) is 41.3 Å². The summed E-state index contributed by atoms with van der Waals surface area (Å²) < 4.78 is 13.1. The zero-order chi connectivity index (χ0) is 18.0. The van der Waals surface area contributed by atoms with Crippen molar-refractivity contribution < 1.29 is 4.39 Å². The molecule has 0 bridgehead atoms. The molecule has 2 heterocycles. The molecule has 5 nitrogen and oxygen atoms in total. The van der Waals surface area contributed by atoms with Crippen molar-refractivity contribution >= 4 is 17.3 Å². The van der Waals surface area contributed by atoms with Gasteiger partial charge in [0.2, 0.25) is 0 Å². The van der Waals surface area contributed by atoms with Crippen LogP contribution in [0.2, 0.25) is 0 Å². The van der Waals surface area contributed by atoms with E-state index in [0.29, 0.717) is 0 Å². The standard InChI is InChI=1S/C19H26FN5/c1-14-21-17(23-19(2,3)4)13-18(22-14)25-11-9-24(10-12-25)16-7-5-15(20)6-8-16/h5-8,13H,9-12H2,1-4H3,(H,21,22,23). The van der Waals surface area contributed by atoms with Crippen LogP contribution in [0.5, 0.6) is 0 Å². The molecule has 1 saturated heterocycles. The molecule has 0 aliphatic carbocycles. The van der Waals surface area contributed by atoms with Crippen molar-refractivity contribution in [1.82, 2.24) is 9.97 Å². The van der Waals surface area contributed by atoms with Crippen molar-refractivity contribution in [2.45, 2.75) is 33.2 Å². The lowest BCUT2D eigenvalue weighted by atomic mass is 10.1. The predicted octanol–water partition coefficient (Wildman–Crippen LogP) is 3.46. The molecule has 2 aromatic rings. The molecule has 0 amide bonds. The fourth-order valence-corrected chi connectivity index (χ4v) is 3.01. The molecule has 3 rings (SSSR count). The molecule has 134 valence electrons. The van der Waals surface area contributed by atoms with Crippen LogP contribution >= 0.6 is 0 Å². The summed E-state index contributed by atoms with van der Waals surface area (Å²) in [6.45, 7) is 11.8. The van der Waals surface area contributed by atoms with E-state index in [9.17, 15) is 4.39 Å². The SMILES string of the molecule is Cc1nc(NC(C)(C)C)cc(N2CCN(c3ccc(F)cc3)CC2)n1. The lowest BCUT2D eigenvalue weighted by molar-refractivity contribution is 0.623.